The van der Waals surface area contributed by atoms with Gasteiger partial charge in [-0.25, -0.2) is 4.72 Å². The summed E-state index contributed by atoms with van der Waals surface area (Å²) in [6.45, 7) is 3.20. The van der Waals surface area contributed by atoms with Gasteiger partial charge < -0.3 is 14.0 Å². The maximum atomic E-state index is 13.4. The SMILES string of the molecule is CCCCOc1ccc2c(c1)C1CC1(C(=O)OC)Cn1c-2c(C2CCCCC2)c2ccc(C(=O)NS(=O)(=O)N(C)C)cc21. The molecule has 230 valence electrons. The number of esters is 1. The Morgan fingerprint density at radius 2 is 1.86 bits per heavy atom. The number of amides is 1. The number of aromatic nitrogens is 1. The average molecular weight is 608 g/mol. The molecule has 0 spiro atoms. The topological polar surface area (TPSA) is 107 Å². The van der Waals surface area contributed by atoms with Crippen LogP contribution in [0.15, 0.2) is 36.4 Å². The van der Waals surface area contributed by atoms with E-state index < -0.39 is 21.5 Å². The summed E-state index contributed by atoms with van der Waals surface area (Å²) < 4.78 is 41.7. The van der Waals surface area contributed by atoms with E-state index in [0.717, 1.165) is 76.3 Å². The minimum atomic E-state index is -3.96. The molecule has 3 aliphatic rings. The minimum Gasteiger partial charge on any atom is -0.494 e. The van der Waals surface area contributed by atoms with Gasteiger partial charge in [0.15, 0.2) is 0 Å². The molecule has 2 unspecified atom stereocenters. The van der Waals surface area contributed by atoms with Gasteiger partial charge in [0.1, 0.15) is 5.75 Å². The van der Waals surface area contributed by atoms with Gasteiger partial charge in [-0.2, -0.15) is 12.7 Å². The first kappa shape index (κ1) is 29.7. The molecule has 1 N–H and O–H groups in total. The number of nitrogens with one attached hydrogen (secondary N) is 1. The molecule has 2 fully saturated rings. The van der Waals surface area contributed by atoms with Crippen LogP contribution in [0.3, 0.4) is 0 Å². The highest BCUT2D eigenvalue weighted by Gasteiger charge is 2.64. The van der Waals surface area contributed by atoms with Gasteiger partial charge >= 0.3 is 16.2 Å². The van der Waals surface area contributed by atoms with Crippen LogP contribution in [0.4, 0.5) is 0 Å². The van der Waals surface area contributed by atoms with Crippen LogP contribution in [0.25, 0.3) is 22.2 Å². The third-order valence-electron chi connectivity index (χ3n) is 9.61. The van der Waals surface area contributed by atoms with Gasteiger partial charge in [0.2, 0.25) is 0 Å². The van der Waals surface area contributed by atoms with Crippen LogP contribution in [0, 0.1) is 5.41 Å². The molecule has 1 amide bonds. The number of carbonyl (C=O) groups excluding carboxylic acids is 2. The van der Waals surface area contributed by atoms with Crippen LogP contribution in [0.2, 0.25) is 0 Å². The molecule has 2 aromatic carbocycles. The third-order valence-corrected chi connectivity index (χ3v) is 11.0. The molecule has 2 aliphatic carbocycles. The molecule has 2 saturated carbocycles. The molecule has 10 heteroatoms. The summed E-state index contributed by atoms with van der Waals surface area (Å²) in [7, 11) is 0.230. The van der Waals surface area contributed by atoms with Crippen LogP contribution in [-0.4, -0.2) is 57.0 Å². The quantitative estimate of drug-likeness (QED) is 0.246. The van der Waals surface area contributed by atoms with Crippen molar-refractivity contribution in [2.24, 2.45) is 5.41 Å². The molecular weight excluding hydrogens is 566 g/mol. The molecule has 6 rings (SSSR count). The van der Waals surface area contributed by atoms with Crippen LogP contribution in [0.1, 0.15) is 91.6 Å². The number of hydrogen-bond donors (Lipinski definition) is 1. The molecule has 3 aromatic rings. The number of fused-ring (bicyclic) bond motifs is 7. The predicted molar refractivity (Wildman–Crippen MR) is 165 cm³/mol. The van der Waals surface area contributed by atoms with E-state index in [1.54, 1.807) is 12.1 Å². The largest absolute Gasteiger partial charge is 0.494 e. The van der Waals surface area contributed by atoms with E-state index in [9.17, 15) is 18.0 Å². The molecule has 1 aromatic heterocycles. The second-order valence-electron chi connectivity index (χ2n) is 12.5. The first-order valence-corrected chi connectivity index (χ1v) is 16.8. The van der Waals surface area contributed by atoms with E-state index in [-0.39, 0.29) is 17.5 Å². The van der Waals surface area contributed by atoms with Crippen molar-refractivity contribution >= 4 is 33.0 Å². The third kappa shape index (κ3) is 5.12. The lowest BCUT2D eigenvalue weighted by Gasteiger charge is -2.24. The second kappa shape index (κ2) is 11.3. The van der Waals surface area contributed by atoms with Gasteiger partial charge in [0.05, 0.1) is 24.8 Å². The van der Waals surface area contributed by atoms with E-state index in [0.29, 0.717) is 25.5 Å². The summed E-state index contributed by atoms with van der Waals surface area (Å²) in [5.74, 6) is 0.220. The summed E-state index contributed by atoms with van der Waals surface area (Å²) >= 11 is 0. The Morgan fingerprint density at radius 1 is 1.09 bits per heavy atom. The summed E-state index contributed by atoms with van der Waals surface area (Å²) in [6.07, 6.45) is 8.38. The van der Waals surface area contributed by atoms with Crippen molar-refractivity contribution in [2.45, 2.75) is 76.7 Å². The van der Waals surface area contributed by atoms with Gasteiger partial charge in [-0.3, -0.25) is 9.59 Å². The molecule has 0 bridgehead atoms. The zero-order chi connectivity index (χ0) is 30.5. The Hall–Kier alpha value is -3.37. The van der Waals surface area contributed by atoms with Crippen LogP contribution in [0.5, 0.6) is 5.75 Å². The van der Waals surface area contributed by atoms with Crippen molar-refractivity contribution in [3.8, 4) is 17.0 Å². The lowest BCUT2D eigenvalue weighted by molar-refractivity contribution is -0.147. The Kier molecular flexibility index (Phi) is 7.79. The van der Waals surface area contributed by atoms with E-state index in [1.807, 2.05) is 12.1 Å². The van der Waals surface area contributed by atoms with Crippen molar-refractivity contribution in [3.05, 3.63) is 53.1 Å². The maximum absolute atomic E-state index is 13.4. The fourth-order valence-electron chi connectivity index (χ4n) is 7.18. The number of rotatable bonds is 9. The van der Waals surface area contributed by atoms with E-state index >= 15 is 0 Å². The Morgan fingerprint density at radius 3 is 2.56 bits per heavy atom. The Labute approximate surface area is 253 Å². The number of ether oxygens (including phenoxy) is 2. The molecule has 1 aliphatic heterocycles. The number of methoxy groups -OCH3 is 1. The predicted octanol–water partition coefficient (Wildman–Crippen LogP) is 5.73. The Bertz CT molecular complexity index is 1690. The summed E-state index contributed by atoms with van der Waals surface area (Å²) in [6, 6.07) is 11.7. The zero-order valence-electron chi connectivity index (χ0n) is 25.4. The monoisotopic (exact) mass is 607 g/mol. The van der Waals surface area contributed by atoms with Gasteiger partial charge in [-0.05, 0) is 73.1 Å². The normalized spacial score (nSPS) is 21.5. The van der Waals surface area contributed by atoms with Crippen molar-refractivity contribution in [2.75, 3.05) is 27.8 Å². The average Bonchev–Trinajstić information content (AvgIpc) is 3.67. The van der Waals surface area contributed by atoms with Crippen LogP contribution >= 0.6 is 0 Å². The standard InChI is InChI=1S/C33H41N3O6S/c1-5-6-16-42-23-13-15-24-26(18-23)27-19-33(27,32(38)41-4)20-36-28-17-22(31(37)34-43(39,40)35(2)3)12-14-25(28)29(30(24)36)21-10-8-7-9-11-21/h12-15,17-18,21,27H,5-11,16,19-20H2,1-4H3,(H,34,37). The number of nitrogens with zero attached hydrogens (tertiary/aromatic N) is 2. The summed E-state index contributed by atoms with van der Waals surface area (Å²) in [5, 5.41) is 1.04. The van der Waals surface area contributed by atoms with Gasteiger partial charge in [-0.15, -0.1) is 0 Å². The lowest BCUT2D eigenvalue weighted by Crippen LogP contribution is -2.39. The molecular formula is C33H41N3O6S. The molecule has 0 radical (unpaired) electrons. The number of hydrogen-bond acceptors (Lipinski definition) is 6. The van der Waals surface area contributed by atoms with Crippen molar-refractivity contribution in [1.29, 1.82) is 0 Å². The smallest absolute Gasteiger partial charge is 0.314 e. The van der Waals surface area contributed by atoms with Crippen LogP contribution < -0.4 is 9.46 Å². The Balaban J connectivity index is 1.56. The lowest BCUT2D eigenvalue weighted by atomic mass is 9.81. The van der Waals surface area contributed by atoms with E-state index in [1.165, 1.54) is 33.2 Å². The first-order valence-electron chi connectivity index (χ1n) is 15.4. The highest BCUT2D eigenvalue weighted by molar-refractivity contribution is 7.87. The van der Waals surface area contributed by atoms with Crippen molar-refractivity contribution < 1.29 is 27.5 Å². The summed E-state index contributed by atoms with van der Waals surface area (Å²) in [5.41, 5.74) is 4.89. The van der Waals surface area contributed by atoms with Crippen LogP contribution in [-0.2, 0) is 26.3 Å². The number of carbonyl (C=O) groups is 2. The fraction of sp³-hybridized carbons (Fsp3) is 0.515. The van der Waals surface area contributed by atoms with Gasteiger partial charge in [0.25, 0.3) is 5.91 Å². The highest BCUT2D eigenvalue weighted by atomic mass is 32.2. The van der Waals surface area contributed by atoms with Gasteiger partial charge in [0, 0.05) is 48.6 Å². The molecule has 9 nitrogen and oxygen atoms in total. The van der Waals surface area contributed by atoms with Crippen molar-refractivity contribution in [3.63, 3.8) is 0 Å². The van der Waals surface area contributed by atoms with Crippen molar-refractivity contribution in [1.82, 2.24) is 13.6 Å². The second-order valence-corrected chi connectivity index (χ2v) is 14.4. The number of benzene rings is 2. The minimum absolute atomic E-state index is 0.00412. The number of unbranched alkanes of at least 4 members (excludes halogenated alkanes) is 1. The molecule has 0 saturated heterocycles. The van der Waals surface area contributed by atoms with E-state index in [2.05, 4.69) is 28.3 Å². The maximum Gasteiger partial charge on any atom is 0.314 e. The van der Waals surface area contributed by atoms with Gasteiger partial charge in [-0.1, -0.05) is 38.7 Å². The first-order chi connectivity index (χ1) is 20.6. The molecule has 43 heavy (non-hydrogen) atoms. The fourth-order valence-corrected chi connectivity index (χ4v) is 7.71. The van der Waals surface area contributed by atoms with E-state index in [4.69, 9.17) is 9.47 Å². The summed E-state index contributed by atoms with van der Waals surface area (Å²) in [4.78, 5) is 26.6. The molecule has 2 heterocycles. The highest BCUT2D eigenvalue weighted by Crippen LogP contribution is 2.66. The molecule has 2 atom stereocenters. The zero-order valence-corrected chi connectivity index (χ0v) is 26.3.